The number of aliphatic hydroxyl groups is 1. The molecule has 0 amide bonds. The maximum absolute atomic E-state index is 12.3. The number of hydrogen-bond acceptors (Lipinski definition) is 4. The van der Waals surface area contributed by atoms with Gasteiger partial charge in [0.1, 0.15) is 5.60 Å². The maximum Gasteiger partial charge on any atom is 0.346 e. The third-order valence-electron chi connectivity index (χ3n) is 4.87. The summed E-state index contributed by atoms with van der Waals surface area (Å²) in [6.07, 6.45) is 3.71. The molecular weight excluding hydrogens is 244 g/mol. The van der Waals surface area contributed by atoms with Crippen molar-refractivity contribution < 1.29 is 19.4 Å². The first-order chi connectivity index (χ1) is 8.78. The summed E-state index contributed by atoms with van der Waals surface area (Å²) in [5.74, 6) is -1.26. The zero-order valence-electron chi connectivity index (χ0n) is 11.9. The standard InChI is InChI=1S/C15H22O4/c1-5-11-8-6-7-9(2)15(11)10(3)12(16)14(4,18)13(17)19-15/h9,11,18H,3,5-8H2,1-2,4H3. The highest BCUT2D eigenvalue weighted by atomic mass is 16.6. The van der Waals surface area contributed by atoms with E-state index in [0.717, 1.165) is 25.7 Å². The number of ketones is 1. The second-order valence-electron chi connectivity index (χ2n) is 6.00. The van der Waals surface area contributed by atoms with Crippen LogP contribution in [0.3, 0.4) is 0 Å². The van der Waals surface area contributed by atoms with Crippen molar-refractivity contribution in [2.75, 3.05) is 0 Å². The van der Waals surface area contributed by atoms with Gasteiger partial charge in [-0.05, 0) is 26.2 Å². The van der Waals surface area contributed by atoms with Gasteiger partial charge < -0.3 is 9.84 Å². The summed E-state index contributed by atoms with van der Waals surface area (Å²) in [5, 5.41) is 9.96. The molecule has 1 heterocycles. The number of carbonyl (C=O) groups is 2. The predicted octanol–water partition coefficient (Wildman–Crippen LogP) is 2.00. The van der Waals surface area contributed by atoms with Gasteiger partial charge in [-0.1, -0.05) is 26.8 Å². The quantitative estimate of drug-likeness (QED) is 0.448. The molecule has 19 heavy (non-hydrogen) atoms. The summed E-state index contributed by atoms with van der Waals surface area (Å²) < 4.78 is 5.62. The van der Waals surface area contributed by atoms with Gasteiger partial charge in [-0.2, -0.15) is 0 Å². The molecule has 4 unspecified atom stereocenters. The lowest BCUT2D eigenvalue weighted by atomic mass is 9.61. The Morgan fingerprint density at radius 1 is 1.42 bits per heavy atom. The van der Waals surface area contributed by atoms with Gasteiger partial charge in [0.25, 0.3) is 0 Å². The van der Waals surface area contributed by atoms with Crippen LogP contribution in [0.25, 0.3) is 0 Å². The highest BCUT2D eigenvalue weighted by Crippen LogP contribution is 2.50. The maximum atomic E-state index is 12.3. The van der Waals surface area contributed by atoms with Crippen LogP contribution in [0.4, 0.5) is 0 Å². The van der Waals surface area contributed by atoms with Gasteiger partial charge in [0.15, 0.2) is 0 Å². The second-order valence-corrected chi connectivity index (χ2v) is 6.00. The molecule has 1 aliphatic carbocycles. The average molecular weight is 266 g/mol. The first-order valence-corrected chi connectivity index (χ1v) is 6.98. The van der Waals surface area contributed by atoms with Crippen LogP contribution in [0.1, 0.15) is 46.5 Å². The van der Waals surface area contributed by atoms with Gasteiger partial charge >= 0.3 is 5.97 Å². The molecule has 0 bridgehead atoms. The van der Waals surface area contributed by atoms with Crippen molar-refractivity contribution in [2.24, 2.45) is 11.8 Å². The molecule has 2 aliphatic rings. The fraction of sp³-hybridized carbons (Fsp3) is 0.733. The Kier molecular flexibility index (Phi) is 3.33. The van der Waals surface area contributed by atoms with E-state index in [0.29, 0.717) is 0 Å². The van der Waals surface area contributed by atoms with Crippen molar-refractivity contribution in [1.29, 1.82) is 0 Å². The monoisotopic (exact) mass is 266 g/mol. The summed E-state index contributed by atoms with van der Waals surface area (Å²) in [6, 6.07) is 0. The lowest BCUT2D eigenvalue weighted by molar-refractivity contribution is -0.202. The molecule has 2 rings (SSSR count). The summed E-state index contributed by atoms with van der Waals surface area (Å²) >= 11 is 0. The molecule has 0 aromatic rings. The van der Waals surface area contributed by atoms with E-state index >= 15 is 0 Å². The molecule has 0 aromatic heterocycles. The van der Waals surface area contributed by atoms with Crippen molar-refractivity contribution >= 4 is 11.8 Å². The molecule has 4 heteroatoms. The number of Topliss-reactive ketones (excluding diaryl/α,β-unsaturated/α-hetero) is 1. The van der Waals surface area contributed by atoms with Crippen molar-refractivity contribution in [3.63, 3.8) is 0 Å². The van der Waals surface area contributed by atoms with Crippen molar-refractivity contribution in [3.05, 3.63) is 12.2 Å². The Morgan fingerprint density at radius 3 is 2.63 bits per heavy atom. The van der Waals surface area contributed by atoms with Crippen LogP contribution in [0.5, 0.6) is 0 Å². The van der Waals surface area contributed by atoms with E-state index in [1.807, 2.05) is 13.8 Å². The summed E-state index contributed by atoms with van der Waals surface area (Å²) in [4.78, 5) is 24.3. The fourth-order valence-corrected chi connectivity index (χ4v) is 3.62. The van der Waals surface area contributed by atoms with Crippen LogP contribution in [-0.2, 0) is 14.3 Å². The summed E-state index contributed by atoms with van der Waals surface area (Å²) in [6.45, 7) is 9.07. The predicted molar refractivity (Wildman–Crippen MR) is 70.4 cm³/mol. The van der Waals surface area contributed by atoms with E-state index in [9.17, 15) is 14.7 Å². The third kappa shape index (κ3) is 1.76. The highest BCUT2D eigenvalue weighted by molar-refractivity contribution is 6.17. The first kappa shape index (κ1) is 14.3. The molecule has 0 radical (unpaired) electrons. The molecule has 1 saturated heterocycles. The van der Waals surface area contributed by atoms with Crippen molar-refractivity contribution in [1.82, 2.24) is 0 Å². The Balaban J connectivity index is 2.50. The van der Waals surface area contributed by atoms with E-state index in [-0.39, 0.29) is 17.4 Å². The number of hydrogen-bond donors (Lipinski definition) is 1. The highest BCUT2D eigenvalue weighted by Gasteiger charge is 2.61. The van der Waals surface area contributed by atoms with Gasteiger partial charge in [0.2, 0.25) is 11.4 Å². The number of rotatable bonds is 1. The van der Waals surface area contributed by atoms with Gasteiger partial charge in [0, 0.05) is 17.4 Å². The number of esters is 1. The topological polar surface area (TPSA) is 63.6 Å². The lowest BCUT2D eigenvalue weighted by Crippen LogP contribution is -2.64. The SMILES string of the molecule is C=C1C(=O)C(C)(O)C(=O)OC12C(C)CCCC2CC. The van der Waals surface area contributed by atoms with E-state index in [1.54, 1.807) is 0 Å². The molecule has 1 aliphatic heterocycles. The van der Waals surface area contributed by atoms with Crippen LogP contribution >= 0.6 is 0 Å². The molecule has 4 atom stereocenters. The smallest absolute Gasteiger partial charge is 0.346 e. The molecule has 1 spiro atoms. The molecule has 0 aromatic carbocycles. The third-order valence-corrected chi connectivity index (χ3v) is 4.87. The second kappa shape index (κ2) is 4.44. The minimum Gasteiger partial charge on any atom is -0.451 e. The largest absolute Gasteiger partial charge is 0.451 e. The summed E-state index contributed by atoms with van der Waals surface area (Å²) in [7, 11) is 0. The molecule has 1 N–H and O–H groups in total. The van der Waals surface area contributed by atoms with Crippen LogP contribution in [0.15, 0.2) is 12.2 Å². The normalized spacial score (nSPS) is 43.5. The Morgan fingerprint density at radius 2 is 2.05 bits per heavy atom. The number of ether oxygens (including phenoxy) is 1. The Hall–Kier alpha value is -1.16. The summed E-state index contributed by atoms with van der Waals surface area (Å²) in [5.41, 5.74) is -2.74. The minimum atomic E-state index is -2.09. The van der Waals surface area contributed by atoms with Crippen LogP contribution in [0.2, 0.25) is 0 Å². The molecule has 2 fully saturated rings. The van der Waals surface area contributed by atoms with Crippen molar-refractivity contribution in [2.45, 2.75) is 57.7 Å². The van der Waals surface area contributed by atoms with Gasteiger partial charge in [0.05, 0.1) is 0 Å². The van der Waals surface area contributed by atoms with Crippen molar-refractivity contribution in [3.8, 4) is 0 Å². The molecule has 106 valence electrons. The Bertz CT molecular complexity index is 437. The van der Waals surface area contributed by atoms with Crippen LogP contribution in [-0.4, -0.2) is 28.1 Å². The van der Waals surface area contributed by atoms with E-state index in [2.05, 4.69) is 6.58 Å². The lowest BCUT2D eigenvalue weighted by Gasteiger charge is -2.52. The molecule has 4 nitrogen and oxygen atoms in total. The van der Waals surface area contributed by atoms with E-state index < -0.39 is 23.0 Å². The minimum absolute atomic E-state index is 0.0581. The zero-order valence-corrected chi connectivity index (χ0v) is 11.9. The number of carbonyl (C=O) groups excluding carboxylic acids is 2. The van der Waals surface area contributed by atoms with Crippen LogP contribution in [0, 0.1) is 11.8 Å². The van der Waals surface area contributed by atoms with E-state index in [1.165, 1.54) is 6.92 Å². The Labute approximate surface area is 113 Å². The molecular formula is C15H22O4. The van der Waals surface area contributed by atoms with Gasteiger partial charge in [-0.25, -0.2) is 4.79 Å². The first-order valence-electron chi connectivity index (χ1n) is 6.98. The fourth-order valence-electron chi connectivity index (χ4n) is 3.62. The van der Waals surface area contributed by atoms with Gasteiger partial charge in [-0.3, -0.25) is 4.79 Å². The molecule has 1 saturated carbocycles. The van der Waals surface area contributed by atoms with Gasteiger partial charge in [-0.15, -0.1) is 0 Å². The van der Waals surface area contributed by atoms with Crippen LogP contribution < -0.4 is 0 Å². The zero-order chi connectivity index (χ0) is 14.4. The van der Waals surface area contributed by atoms with E-state index in [4.69, 9.17) is 4.74 Å². The average Bonchev–Trinajstić information content (AvgIpc) is 2.37.